The van der Waals surface area contributed by atoms with Crippen molar-refractivity contribution in [1.29, 1.82) is 0 Å². The number of ether oxygens (including phenoxy) is 1. The molecule has 2 aromatic carbocycles. The Hall–Kier alpha value is -2.15. The van der Waals surface area contributed by atoms with Crippen LogP contribution in [0.2, 0.25) is 15.1 Å². The van der Waals surface area contributed by atoms with Gasteiger partial charge >= 0.3 is 12.0 Å². The molecule has 0 aliphatic carbocycles. The zero-order valence-electron chi connectivity index (χ0n) is 13.8. The number of urea groups is 1. The maximum atomic E-state index is 12.0. The summed E-state index contributed by atoms with van der Waals surface area (Å²) in [5, 5.41) is 9.75. The highest BCUT2D eigenvalue weighted by atomic mass is 35.5. The number of halogens is 3. The predicted octanol–water partition coefficient (Wildman–Crippen LogP) is 5.11. The third-order valence-corrected chi connectivity index (χ3v) is 4.46. The van der Waals surface area contributed by atoms with Crippen LogP contribution in [0.3, 0.4) is 0 Å². The Kier molecular flexibility index (Phi) is 5.91. The van der Waals surface area contributed by atoms with Gasteiger partial charge in [0.1, 0.15) is 5.75 Å². The van der Waals surface area contributed by atoms with Gasteiger partial charge in [-0.15, -0.1) is 0 Å². The van der Waals surface area contributed by atoms with Crippen LogP contribution < -0.4 is 15.4 Å². The molecular formula is C17H15Cl3N2O4. The Balaban J connectivity index is 2.39. The Labute approximate surface area is 165 Å². The summed E-state index contributed by atoms with van der Waals surface area (Å²) in [4.78, 5) is 24.2. The molecule has 6 nitrogen and oxygen atoms in total. The number of amides is 2. The number of anilines is 2. The summed E-state index contributed by atoms with van der Waals surface area (Å²) in [5.41, 5.74) is 4.72. The maximum Gasteiger partial charge on any atom is 0.347 e. The minimum absolute atomic E-state index is 0.186. The van der Waals surface area contributed by atoms with Gasteiger partial charge in [-0.1, -0.05) is 34.8 Å². The van der Waals surface area contributed by atoms with Crippen molar-refractivity contribution in [3.63, 3.8) is 0 Å². The number of rotatable bonds is 5. The predicted molar refractivity (Wildman–Crippen MR) is 102 cm³/mol. The van der Waals surface area contributed by atoms with Crippen molar-refractivity contribution in [1.82, 2.24) is 0 Å². The van der Waals surface area contributed by atoms with E-state index in [2.05, 4.69) is 0 Å². The molecule has 0 atom stereocenters. The highest BCUT2D eigenvalue weighted by Gasteiger charge is 2.29. The number of aliphatic carboxylic acids is 1. The lowest BCUT2D eigenvalue weighted by Gasteiger charge is -2.24. The normalized spacial score (nSPS) is 11.1. The fraction of sp³-hybridized carbons (Fsp3) is 0.176. The first-order valence-corrected chi connectivity index (χ1v) is 8.43. The van der Waals surface area contributed by atoms with Crippen molar-refractivity contribution >= 4 is 58.2 Å². The third kappa shape index (κ3) is 4.33. The van der Waals surface area contributed by atoms with E-state index in [1.165, 1.54) is 50.2 Å². The molecule has 2 amide bonds. The molecule has 2 rings (SSSR count). The highest BCUT2D eigenvalue weighted by Crippen LogP contribution is 2.38. The Morgan fingerprint density at radius 2 is 1.58 bits per heavy atom. The van der Waals surface area contributed by atoms with E-state index in [-0.39, 0.29) is 20.8 Å². The lowest BCUT2D eigenvalue weighted by molar-refractivity contribution is -0.152. The second kappa shape index (κ2) is 7.61. The molecule has 26 heavy (non-hydrogen) atoms. The van der Waals surface area contributed by atoms with Gasteiger partial charge in [0, 0.05) is 0 Å². The van der Waals surface area contributed by atoms with Crippen LogP contribution in [0.5, 0.6) is 5.75 Å². The maximum absolute atomic E-state index is 12.0. The Morgan fingerprint density at radius 3 is 2.08 bits per heavy atom. The van der Waals surface area contributed by atoms with Crippen molar-refractivity contribution in [3.8, 4) is 5.75 Å². The molecule has 0 saturated heterocycles. The highest BCUT2D eigenvalue weighted by molar-refractivity contribution is 6.44. The molecule has 0 aliphatic rings. The van der Waals surface area contributed by atoms with Crippen molar-refractivity contribution in [3.05, 3.63) is 51.5 Å². The molecule has 9 heteroatoms. The molecule has 0 aliphatic heterocycles. The smallest absolute Gasteiger partial charge is 0.347 e. The summed E-state index contributed by atoms with van der Waals surface area (Å²) in [7, 11) is 0. The number of hydrogen-bond donors (Lipinski definition) is 2. The van der Waals surface area contributed by atoms with Crippen LogP contribution in [0.25, 0.3) is 0 Å². The van der Waals surface area contributed by atoms with Crippen molar-refractivity contribution in [2.24, 2.45) is 5.73 Å². The molecule has 0 bridgehead atoms. The molecule has 0 radical (unpaired) electrons. The van der Waals surface area contributed by atoms with Gasteiger partial charge in [-0.05, 0) is 50.2 Å². The summed E-state index contributed by atoms with van der Waals surface area (Å²) >= 11 is 18.1. The molecule has 0 aromatic heterocycles. The quantitative estimate of drug-likeness (QED) is 0.661. The first kappa shape index (κ1) is 20.2. The SMILES string of the molecule is CC(C)(Oc1ccc(N(C(N)=O)c2cc(Cl)c(Cl)cc2Cl)cc1)C(=O)O. The monoisotopic (exact) mass is 416 g/mol. The summed E-state index contributed by atoms with van der Waals surface area (Å²) in [6, 6.07) is 8.15. The number of primary amides is 1. The number of hydrogen-bond acceptors (Lipinski definition) is 3. The van der Waals surface area contributed by atoms with Gasteiger partial charge in [-0.2, -0.15) is 0 Å². The fourth-order valence-electron chi connectivity index (χ4n) is 2.07. The molecule has 0 saturated carbocycles. The number of carbonyl (C=O) groups excluding carboxylic acids is 1. The average molecular weight is 418 g/mol. The number of carboxylic acids is 1. The Morgan fingerprint density at radius 1 is 1.04 bits per heavy atom. The minimum atomic E-state index is -1.40. The van der Waals surface area contributed by atoms with E-state index in [4.69, 9.17) is 50.4 Å². The van der Waals surface area contributed by atoms with Crippen LogP contribution in [-0.2, 0) is 4.79 Å². The molecule has 138 valence electrons. The van der Waals surface area contributed by atoms with Gasteiger partial charge in [-0.25, -0.2) is 9.59 Å². The van der Waals surface area contributed by atoms with E-state index in [9.17, 15) is 9.59 Å². The van der Waals surface area contributed by atoms with Crippen LogP contribution in [0.1, 0.15) is 13.8 Å². The number of benzene rings is 2. The topological polar surface area (TPSA) is 92.9 Å². The number of nitrogens with two attached hydrogens (primary N) is 1. The van der Waals surface area contributed by atoms with Crippen molar-refractivity contribution in [2.75, 3.05) is 4.90 Å². The summed E-state index contributed by atoms with van der Waals surface area (Å²) < 4.78 is 5.42. The summed E-state index contributed by atoms with van der Waals surface area (Å²) in [5.74, 6) is -0.797. The molecule has 3 N–H and O–H groups in total. The van der Waals surface area contributed by atoms with Gasteiger partial charge in [0.15, 0.2) is 5.60 Å². The number of nitrogens with zero attached hydrogens (tertiary/aromatic N) is 1. The van der Waals surface area contributed by atoms with Crippen LogP contribution >= 0.6 is 34.8 Å². The number of carboxylic acid groups (broad SMARTS) is 1. The zero-order valence-corrected chi connectivity index (χ0v) is 16.1. The standard InChI is InChI=1S/C17H15Cl3N2O4/c1-17(2,15(23)24)26-10-5-3-9(4-6-10)22(16(21)25)14-8-12(19)11(18)7-13(14)20/h3-8H,1-2H3,(H2,21,25)(H,23,24). The fourth-order valence-corrected chi connectivity index (χ4v) is 2.70. The van der Waals surface area contributed by atoms with Crippen LogP contribution in [0, 0.1) is 0 Å². The van der Waals surface area contributed by atoms with Gasteiger partial charge in [0.25, 0.3) is 0 Å². The molecular weight excluding hydrogens is 403 g/mol. The van der Waals surface area contributed by atoms with E-state index < -0.39 is 17.6 Å². The summed E-state index contributed by atoms with van der Waals surface area (Å²) in [6.45, 7) is 2.85. The molecule has 2 aromatic rings. The second-order valence-corrected chi connectivity index (χ2v) is 7.02. The lowest BCUT2D eigenvalue weighted by atomic mass is 10.1. The van der Waals surface area contributed by atoms with E-state index in [1.807, 2.05) is 0 Å². The summed E-state index contributed by atoms with van der Waals surface area (Å²) in [6.07, 6.45) is 0. The largest absolute Gasteiger partial charge is 0.478 e. The van der Waals surface area contributed by atoms with E-state index in [1.54, 1.807) is 0 Å². The second-order valence-electron chi connectivity index (χ2n) is 5.80. The van der Waals surface area contributed by atoms with E-state index >= 15 is 0 Å². The van der Waals surface area contributed by atoms with Crippen molar-refractivity contribution in [2.45, 2.75) is 19.4 Å². The minimum Gasteiger partial charge on any atom is -0.478 e. The average Bonchev–Trinajstić information content (AvgIpc) is 2.53. The van der Waals surface area contributed by atoms with Gasteiger partial charge in [0.05, 0.1) is 26.4 Å². The van der Waals surface area contributed by atoms with E-state index in [0.717, 1.165) is 4.90 Å². The molecule has 0 spiro atoms. The molecule has 0 heterocycles. The Bertz CT molecular complexity index is 854. The van der Waals surface area contributed by atoms with E-state index in [0.29, 0.717) is 11.4 Å². The lowest BCUT2D eigenvalue weighted by Crippen LogP contribution is -2.37. The van der Waals surface area contributed by atoms with Gasteiger partial charge < -0.3 is 15.6 Å². The third-order valence-electron chi connectivity index (χ3n) is 3.43. The van der Waals surface area contributed by atoms with Gasteiger partial charge in [-0.3, -0.25) is 4.90 Å². The van der Waals surface area contributed by atoms with Gasteiger partial charge in [0.2, 0.25) is 0 Å². The first-order valence-electron chi connectivity index (χ1n) is 7.29. The molecule has 0 unspecified atom stereocenters. The van der Waals surface area contributed by atoms with Crippen LogP contribution in [0.4, 0.5) is 16.2 Å². The number of carbonyl (C=O) groups is 2. The molecule has 0 fully saturated rings. The zero-order chi connectivity index (χ0) is 19.6. The van der Waals surface area contributed by atoms with Crippen LogP contribution in [0.15, 0.2) is 36.4 Å². The van der Waals surface area contributed by atoms with Crippen molar-refractivity contribution < 1.29 is 19.4 Å². The van der Waals surface area contributed by atoms with Crippen LogP contribution in [-0.4, -0.2) is 22.7 Å². The first-order chi connectivity index (χ1) is 12.0.